The molecule has 2 aromatic rings. The molecule has 140 valence electrons. The largest absolute Gasteiger partial charge is 0.495 e. The summed E-state index contributed by atoms with van der Waals surface area (Å²) in [6.45, 7) is 1.80. The molecule has 1 aromatic heterocycles. The number of thioether (sulfide) groups is 1. The maximum absolute atomic E-state index is 12.6. The third-order valence-corrected chi connectivity index (χ3v) is 5.86. The Balaban J connectivity index is 1.73. The molecule has 1 aromatic carbocycles. The number of methoxy groups -OCH3 is 1. The van der Waals surface area contributed by atoms with E-state index in [4.69, 9.17) is 16.3 Å². The third kappa shape index (κ3) is 4.55. The Morgan fingerprint density at radius 3 is 2.85 bits per heavy atom. The fourth-order valence-electron chi connectivity index (χ4n) is 2.99. The van der Waals surface area contributed by atoms with Crippen LogP contribution in [-0.2, 0) is 17.6 Å². The Labute approximate surface area is 168 Å². The van der Waals surface area contributed by atoms with Gasteiger partial charge in [-0.1, -0.05) is 23.4 Å². The number of benzene rings is 1. The van der Waals surface area contributed by atoms with Crippen LogP contribution < -0.4 is 10.1 Å². The summed E-state index contributed by atoms with van der Waals surface area (Å²) in [6.07, 6.45) is 4.15. The van der Waals surface area contributed by atoms with E-state index in [0.29, 0.717) is 27.0 Å². The number of rotatable bonds is 5. The number of pyridine rings is 1. The van der Waals surface area contributed by atoms with Gasteiger partial charge in [-0.05, 0) is 62.4 Å². The molecular weight excluding hydrogens is 382 g/mol. The number of halogens is 1. The van der Waals surface area contributed by atoms with E-state index in [-0.39, 0.29) is 5.91 Å². The number of aromatic nitrogens is 1. The number of fused-ring (bicyclic) bond motifs is 1. The highest BCUT2D eigenvalue weighted by atomic mass is 35.5. The van der Waals surface area contributed by atoms with Crippen LogP contribution in [-0.4, -0.2) is 23.3 Å². The van der Waals surface area contributed by atoms with Gasteiger partial charge in [0.2, 0.25) is 5.91 Å². The van der Waals surface area contributed by atoms with Gasteiger partial charge in [0, 0.05) is 11.4 Å². The highest BCUT2D eigenvalue weighted by molar-refractivity contribution is 8.00. The van der Waals surface area contributed by atoms with Gasteiger partial charge < -0.3 is 10.1 Å². The van der Waals surface area contributed by atoms with Crippen LogP contribution in [0.2, 0.25) is 5.02 Å². The summed E-state index contributed by atoms with van der Waals surface area (Å²) in [5, 5.41) is 12.9. The van der Waals surface area contributed by atoms with E-state index in [9.17, 15) is 10.1 Å². The lowest BCUT2D eigenvalue weighted by Crippen LogP contribution is -2.22. The molecule has 5 nitrogen and oxygen atoms in total. The average Bonchev–Trinajstić information content (AvgIpc) is 2.67. The molecule has 1 aliphatic rings. The van der Waals surface area contributed by atoms with Crippen LogP contribution in [0.25, 0.3) is 0 Å². The van der Waals surface area contributed by atoms with Crippen LogP contribution in [0.3, 0.4) is 0 Å². The van der Waals surface area contributed by atoms with Crippen LogP contribution in [0.4, 0.5) is 5.69 Å². The van der Waals surface area contributed by atoms with Crippen molar-refractivity contribution in [1.29, 1.82) is 5.26 Å². The second-order valence-corrected chi connectivity index (χ2v) is 8.10. The molecule has 1 amide bonds. The molecule has 0 radical (unpaired) electrons. The number of hydrogen-bond acceptors (Lipinski definition) is 5. The molecule has 0 saturated heterocycles. The fraction of sp³-hybridized carbons (Fsp3) is 0.350. The number of nitriles is 1. The van der Waals surface area contributed by atoms with Gasteiger partial charge in [-0.15, -0.1) is 0 Å². The zero-order valence-corrected chi connectivity index (χ0v) is 16.8. The van der Waals surface area contributed by atoms with Crippen molar-refractivity contribution < 1.29 is 9.53 Å². The molecular formula is C20H20ClN3O2S. The maximum Gasteiger partial charge on any atom is 0.237 e. The topological polar surface area (TPSA) is 75.0 Å². The zero-order chi connectivity index (χ0) is 19.4. The number of hydrogen-bond donors (Lipinski definition) is 1. The van der Waals surface area contributed by atoms with Gasteiger partial charge in [-0.2, -0.15) is 5.26 Å². The van der Waals surface area contributed by atoms with Crippen LogP contribution in [0.15, 0.2) is 29.3 Å². The molecule has 0 saturated carbocycles. The number of amides is 1. The molecule has 1 atom stereocenters. The Morgan fingerprint density at radius 1 is 1.37 bits per heavy atom. The van der Waals surface area contributed by atoms with E-state index in [1.165, 1.54) is 18.9 Å². The number of carbonyl (C=O) groups excluding carboxylic acids is 1. The molecule has 0 bridgehead atoms. The standard InChI is InChI=1S/C20H20ClN3O2S/c1-12(19(25)23-15-7-8-18(26-2)16(21)10-15)27-20-14(11-22)9-13-5-3-4-6-17(13)24-20/h7-10,12H,3-6H2,1-2H3,(H,23,25). The predicted molar refractivity (Wildman–Crippen MR) is 108 cm³/mol. The summed E-state index contributed by atoms with van der Waals surface area (Å²) in [4.78, 5) is 17.2. The minimum atomic E-state index is -0.410. The molecule has 0 spiro atoms. The number of carbonyl (C=O) groups is 1. The number of aryl methyl sites for hydroxylation is 2. The normalized spacial score (nSPS) is 14.0. The summed E-state index contributed by atoms with van der Waals surface area (Å²) in [6, 6.07) is 9.22. The van der Waals surface area contributed by atoms with Crippen molar-refractivity contribution in [3.05, 3.63) is 46.1 Å². The SMILES string of the molecule is COc1ccc(NC(=O)C(C)Sc2nc3c(cc2C#N)CCCC3)cc1Cl. The van der Waals surface area contributed by atoms with Crippen molar-refractivity contribution >= 4 is 35.0 Å². The summed E-state index contributed by atoms with van der Waals surface area (Å²) >= 11 is 7.41. The highest BCUT2D eigenvalue weighted by Crippen LogP contribution is 2.31. The third-order valence-electron chi connectivity index (χ3n) is 4.46. The van der Waals surface area contributed by atoms with Crippen LogP contribution >= 0.6 is 23.4 Å². The van der Waals surface area contributed by atoms with Gasteiger partial charge in [-0.3, -0.25) is 4.79 Å². The number of nitrogens with one attached hydrogen (secondary N) is 1. The van der Waals surface area contributed by atoms with Gasteiger partial charge in [-0.25, -0.2) is 4.98 Å². The Bertz CT molecular complexity index is 911. The lowest BCUT2D eigenvalue weighted by atomic mass is 9.95. The number of anilines is 1. The summed E-state index contributed by atoms with van der Waals surface area (Å²) < 4.78 is 5.11. The molecule has 7 heteroatoms. The number of nitrogens with zero attached hydrogens (tertiary/aromatic N) is 2. The Hall–Kier alpha value is -2.23. The molecule has 27 heavy (non-hydrogen) atoms. The second kappa shape index (κ2) is 8.64. The van der Waals surface area contributed by atoms with Gasteiger partial charge in [0.05, 0.1) is 22.9 Å². The zero-order valence-electron chi connectivity index (χ0n) is 15.2. The van der Waals surface area contributed by atoms with Crippen LogP contribution in [0, 0.1) is 11.3 Å². The summed E-state index contributed by atoms with van der Waals surface area (Å²) in [5.41, 5.74) is 3.34. The molecule has 3 rings (SSSR count). The first-order valence-corrected chi connectivity index (χ1v) is 10.0. The monoisotopic (exact) mass is 401 g/mol. The van der Waals surface area contributed by atoms with E-state index in [1.807, 2.05) is 6.07 Å². The smallest absolute Gasteiger partial charge is 0.237 e. The van der Waals surface area contributed by atoms with Crippen molar-refractivity contribution in [3.63, 3.8) is 0 Å². The van der Waals surface area contributed by atoms with Crippen LogP contribution in [0.1, 0.15) is 36.6 Å². The summed E-state index contributed by atoms with van der Waals surface area (Å²) in [5.74, 6) is 0.374. The summed E-state index contributed by atoms with van der Waals surface area (Å²) in [7, 11) is 1.54. The van der Waals surface area contributed by atoms with Crippen molar-refractivity contribution in [2.45, 2.75) is 42.9 Å². The maximum atomic E-state index is 12.6. The van der Waals surface area contributed by atoms with E-state index in [0.717, 1.165) is 36.9 Å². The van der Waals surface area contributed by atoms with Gasteiger partial charge in [0.25, 0.3) is 0 Å². The molecule has 1 N–H and O–H groups in total. The average molecular weight is 402 g/mol. The van der Waals surface area contributed by atoms with E-state index >= 15 is 0 Å². The first-order valence-electron chi connectivity index (χ1n) is 8.75. The molecule has 0 fully saturated rings. The first kappa shape index (κ1) is 19.5. The molecule has 1 unspecified atom stereocenters. The van der Waals surface area contributed by atoms with E-state index in [2.05, 4.69) is 16.4 Å². The predicted octanol–water partition coefficient (Wildman–Crippen LogP) is 4.61. The van der Waals surface area contributed by atoms with Crippen molar-refractivity contribution in [2.75, 3.05) is 12.4 Å². The number of ether oxygens (including phenoxy) is 1. The van der Waals surface area contributed by atoms with Crippen LogP contribution in [0.5, 0.6) is 5.75 Å². The second-order valence-electron chi connectivity index (χ2n) is 6.36. The van der Waals surface area contributed by atoms with Gasteiger partial charge in [0.1, 0.15) is 16.8 Å². The van der Waals surface area contributed by atoms with Crippen molar-refractivity contribution in [2.24, 2.45) is 0 Å². The minimum Gasteiger partial charge on any atom is -0.495 e. The lowest BCUT2D eigenvalue weighted by Gasteiger charge is -2.18. The van der Waals surface area contributed by atoms with Gasteiger partial charge in [0.15, 0.2) is 0 Å². The quantitative estimate of drug-likeness (QED) is 0.740. The minimum absolute atomic E-state index is 0.176. The Kier molecular flexibility index (Phi) is 6.25. The molecule has 1 aliphatic carbocycles. The molecule has 0 aliphatic heterocycles. The van der Waals surface area contributed by atoms with Crippen molar-refractivity contribution in [1.82, 2.24) is 4.98 Å². The highest BCUT2D eigenvalue weighted by Gasteiger charge is 2.21. The first-order chi connectivity index (χ1) is 13.0. The fourth-order valence-corrected chi connectivity index (χ4v) is 4.15. The molecule has 1 heterocycles. The lowest BCUT2D eigenvalue weighted by molar-refractivity contribution is -0.115. The van der Waals surface area contributed by atoms with Gasteiger partial charge >= 0.3 is 0 Å². The van der Waals surface area contributed by atoms with Crippen molar-refractivity contribution in [3.8, 4) is 11.8 Å². The van der Waals surface area contributed by atoms with E-state index < -0.39 is 5.25 Å². The van der Waals surface area contributed by atoms with E-state index in [1.54, 1.807) is 25.1 Å². The Morgan fingerprint density at radius 2 is 2.15 bits per heavy atom.